The van der Waals surface area contributed by atoms with Crippen molar-refractivity contribution in [2.75, 3.05) is 92.0 Å². The highest BCUT2D eigenvalue weighted by Gasteiger charge is 2.44. The van der Waals surface area contributed by atoms with Crippen molar-refractivity contribution in [2.24, 2.45) is 0 Å². The summed E-state index contributed by atoms with van der Waals surface area (Å²) < 4.78 is 24.6. The maximum absolute atomic E-state index is 5.76. The molecule has 6 aliphatic rings. The fraction of sp³-hybridized carbons (Fsp3) is 1.00. The normalized spacial score (nSPS) is 31.6. The summed E-state index contributed by atoms with van der Waals surface area (Å²) >= 11 is 7.38. The van der Waals surface area contributed by atoms with E-state index < -0.39 is 0 Å². The number of nitrogens with zero attached hydrogens (tertiary/aromatic N) is 3. The third kappa shape index (κ3) is 10.8. The van der Waals surface area contributed by atoms with Gasteiger partial charge in [0.2, 0.25) is 18.7 Å². The molecule has 39 heavy (non-hydrogen) atoms. The van der Waals surface area contributed by atoms with Crippen LogP contribution in [0.3, 0.4) is 0 Å². The molecule has 0 aliphatic carbocycles. The van der Waals surface area contributed by atoms with E-state index in [0.29, 0.717) is 18.7 Å². The largest absolute Gasteiger partial charge is 1.00 e. The summed E-state index contributed by atoms with van der Waals surface area (Å²) in [5, 5.41) is 0. The highest BCUT2D eigenvalue weighted by molar-refractivity contribution is 14.1. The van der Waals surface area contributed by atoms with Gasteiger partial charge in [-0.25, -0.2) is 0 Å². The van der Waals surface area contributed by atoms with Crippen molar-refractivity contribution < 1.29 is 99.6 Å². The fourth-order valence-electron chi connectivity index (χ4n) is 7.55. The van der Waals surface area contributed by atoms with Crippen molar-refractivity contribution in [1.29, 1.82) is 0 Å². The van der Waals surface area contributed by atoms with Crippen molar-refractivity contribution in [3.8, 4) is 0 Å². The van der Waals surface area contributed by atoms with Crippen molar-refractivity contribution in [1.82, 2.24) is 0 Å². The molecular formula is C27H51I6N3O3. The van der Waals surface area contributed by atoms with Gasteiger partial charge in [0.15, 0.2) is 0 Å². The Hall–Kier alpha value is 4.14. The molecule has 0 saturated carbocycles. The minimum Gasteiger partial charge on any atom is -1.00 e. The third-order valence-corrected chi connectivity index (χ3v) is 12.2. The Bertz CT molecular complexity index is 565. The van der Waals surface area contributed by atoms with Gasteiger partial charge in [-0.1, -0.05) is 67.8 Å². The zero-order chi connectivity index (χ0) is 25.3. The first-order chi connectivity index (χ1) is 17.6. The number of ether oxygens (including phenoxy) is 3. The number of rotatable bonds is 3. The van der Waals surface area contributed by atoms with Gasteiger partial charge in [-0.05, 0) is 57.8 Å². The number of halogens is 6. The van der Waals surface area contributed by atoms with Crippen molar-refractivity contribution >= 4 is 67.8 Å². The van der Waals surface area contributed by atoms with Crippen LogP contribution in [0.15, 0.2) is 0 Å². The van der Waals surface area contributed by atoms with E-state index in [-0.39, 0.29) is 71.9 Å². The summed E-state index contributed by atoms with van der Waals surface area (Å²) in [5.41, 5.74) is 0. The molecule has 6 heterocycles. The van der Waals surface area contributed by atoms with E-state index in [9.17, 15) is 0 Å². The molecule has 234 valence electrons. The Balaban J connectivity index is 0.000000282. The second-order valence-electron chi connectivity index (χ2n) is 11.8. The van der Waals surface area contributed by atoms with E-state index in [0.717, 1.165) is 33.1 Å². The average molecular weight is 1230 g/mol. The summed E-state index contributed by atoms with van der Waals surface area (Å²) in [6, 6.07) is 0. The highest BCUT2D eigenvalue weighted by atomic mass is 127. The average Bonchev–Trinajstić information content (AvgIpc) is 3.63. The number of hydrogen-bond donors (Lipinski definition) is 0. The molecular weight excluding hydrogens is 1180 g/mol. The molecule has 3 atom stereocenters. The minimum atomic E-state index is 0. The van der Waals surface area contributed by atoms with Crippen LogP contribution in [0, 0.1) is 0 Å². The zero-order valence-electron chi connectivity index (χ0n) is 23.5. The maximum atomic E-state index is 5.76. The van der Waals surface area contributed by atoms with E-state index in [4.69, 9.17) is 14.2 Å². The molecule has 0 amide bonds. The van der Waals surface area contributed by atoms with Crippen LogP contribution in [0.5, 0.6) is 0 Å². The minimum absolute atomic E-state index is 0. The van der Waals surface area contributed by atoms with Gasteiger partial charge in [0, 0.05) is 0 Å². The van der Waals surface area contributed by atoms with Crippen LogP contribution in [0.2, 0.25) is 0 Å². The predicted molar refractivity (Wildman–Crippen MR) is 172 cm³/mol. The van der Waals surface area contributed by atoms with Gasteiger partial charge >= 0.3 is 0 Å². The smallest absolute Gasteiger partial charge is 0.202 e. The van der Waals surface area contributed by atoms with Gasteiger partial charge in [-0.15, -0.1) is 0 Å². The van der Waals surface area contributed by atoms with Gasteiger partial charge in [0.05, 0.1) is 52.6 Å². The lowest BCUT2D eigenvalue weighted by Gasteiger charge is -2.40. The van der Waals surface area contributed by atoms with E-state index in [1.807, 2.05) is 0 Å². The van der Waals surface area contributed by atoms with Crippen LogP contribution < -0.4 is 71.9 Å². The summed E-state index contributed by atoms with van der Waals surface area (Å²) in [6.45, 7) is 15.0. The first kappa shape index (κ1) is 41.2. The lowest BCUT2D eigenvalue weighted by atomic mass is 10.1. The second kappa shape index (κ2) is 21.1. The van der Waals surface area contributed by atoms with Gasteiger partial charge < -0.3 is 86.1 Å². The lowest BCUT2D eigenvalue weighted by molar-refractivity contribution is -0.951. The molecule has 6 rings (SSSR count). The quantitative estimate of drug-likeness (QED) is 0.166. The van der Waals surface area contributed by atoms with Crippen LogP contribution in [-0.2, 0) is 14.2 Å². The first-order valence-electron chi connectivity index (χ1n) is 14.7. The molecule has 0 bridgehead atoms. The first-order valence-corrected chi connectivity index (χ1v) is 19.3. The van der Waals surface area contributed by atoms with Gasteiger partial charge in [-0.3, -0.25) is 13.4 Å². The van der Waals surface area contributed by atoms with Crippen molar-refractivity contribution in [3.63, 3.8) is 0 Å². The standard InChI is InChI=1S/3C9H17INO.3HI/c3*10-8-9-11(6-7-12-9)4-2-1-3-5-11;;;/h3*9H,1-8H2;3*1H/q3*+1;;;/p-3. The highest BCUT2D eigenvalue weighted by Crippen LogP contribution is 2.30. The van der Waals surface area contributed by atoms with E-state index in [1.165, 1.54) is 130 Å². The summed E-state index contributed by atoms with van der Waals surface area (Å²) in [5.74, 6) is 0. The SMILES string of the molecule is ICC1OCC[N+]12CCCCC2.ICC1OCC[N+]12CCCCC2.ICC1OCC[N+]12CCCCC2.[I-].[I-].[I-]. The molecule has 3 unspecified atom stereocenters. The Morgan fingerprint density at radius 3 is 0.821 bits per heavy atom. The number of quaternary nitrogens is 3. The molecule has 3 spiro atoms. The summed E-state index contributed by atoms with van der Waals surface area (Å²) in [4.78, 5) is 0. The molecule has 0 radical (unpaired) electrons. The molecule has 12 heteroatoms. The number of hydrogen-bond acceptors (Lipinski definition) is 3. The predicted octanol–water partition coefficient (Wildman–Crippen LogP) is -3.65. The Kier molecular flexibility index (Phi) is 22.3. The van der Waals surface area contributed by atoms with Crippen LogP contribution >= 0.6 is 67.8 Å². The molecule has 6 nitrogen and oxygen atoms in total. The Labute approximate surface area is 331 Å². The molecule has 0 aromatic rings. The van der Waals surface area contributed by atoms with Crippen molar-refractivity contribution in [2.45, 2.75) is 76.5 Å². The van der Waals surface area contributed by atoms with Crippen LogP contribution in [0.1, 0.15) is 57.8 Å². The Morgan fingerprint density at radius 2 is 0.615 bits per heavy atom. The fourth-order valence-corrected chi connectivity index (χ4v) is 10.8. The molecule has 6 aliphatic heterocycles. The molecule has 0 aromatic carbocycles. The van der Waals surface area contributed by atoms with Crippen LogP contribution in [0.25, 0.3) is 0 Å². The molecule has 0 aromatic heterocycles. The monoisotopic (exact) mass is 1230 g/mol. The van der Waals surface area contributed by atoms with Crippen LogP contribution in [0.4, 0.5) is 0 Å². The lowest BCUT2D eigenvalue weighted by Crippen LogP contribution is -3.00. The maximum Gasteiger partial charge on any atom is 0.202 e. The van der Waals surface area contributed by atoms with Gasteiger partial charge in [0.1, 0.15) is 39.5 Å². The zero-order valence-corrected chi connectivity index (χ0v) is 36.5. The van der Waals surface area contributed by atoms with E-state index in [1.54, 1.807) is 0 Å². The Morgan fingerprint density at radius 1 is 0.385 bits per heavy atom. The number of piperidine rings is 3. The molecule has 6 saturated heterocycles. The van der Waals surface area contributed by atoms with E-state index in [2.05, 4.69) is 67.8 Å². The summed E-state index contributed by atoms with van der Waals surface area (Å²) in [7, 11) is 0. The molecule has 0 N–H and O–H groups in total. The topological polar surface area (TPSA) is 27.7 Å². The summed E-state index contributed by atoms with van der Waals surface area (Å²) in [6.07, 6.45) is 14.4. The third-order valence-electron chi connectivity index (χ3n) is 9.89. The van der Waals surface area contributed by atoms with Crippen molar-refractivity contribution in [3.05, 3.63) is 0 Å². The van der Waals surface area contributed by atoms with Crippen LogP contribution in [-0.4, -0.2) is 124 Å². The van der Waals surface area contributed by atoms with Gasteiger partial charge in [-0.2, -0.15) is 0 Å². The number of alkyl halides is 3. The van der Waals surface area contributed by atoms with E-state index >= 15 is 0 Å². The second-order valence-corrected chi connectivity index (χ2v) is 14.4. The molecule has 6 fully saturated rings. The van der Waals surface area contributed by atoms with Gasteiger partial charge in [0.25, 0.3) is 0 Å².